The van der Waals surface area contributed by atoms with E-state index in [1.165, 1.54) is 36.4 Å². The molecule has 0 atom stereocenters. The van der Waals surface area contributed by atoms with E-state index < -0.39 is 27.7 Å². The molecule has 0 bridgehead atoms. The summed E-state index contributed by atoms with van der Waals surface area (Å²) in [5.74, 6) is -0.531. The maximum absolute atomic E-state index is 12.7. The highest BCUT2D eigenvalue weighted by atomic mass is 32.2. The van der Waals surface area contributed by atoms with Crippen LogP contribution in [0.2, 0.25) is 0 Å². The summed E-state index contributed by atoms with van der Waals surface area (Å²) < 4.78 is 69.6. The molecule has 1 aliphatic carbocycles. The first-order valence-corrected chi connectivity index (χ1v) is 10.3. The lowest BCUT2D eigenvalue weighted by molar-refractivity contribution is -0.137. The fourth-order valence-corrected chi connectivity index (χ4v) is 4.20. The third-order valence-corrected chi connectivity index (χ3v) is 5.85. The zero-order valence-electron chi connectivity index (χ0n) is 14.7. The standard InChI is InChI=1S/C19H18F3NO4S/c20-19(21,22)15-5-2-6-17(11-15)27-16-9-7-14(8-10-16)18(24)23-28(25,26)12-13-3-1-4-13/h2,5-11,13H,1,3-4,12H2,(H,23,24). The molecule has 0 radical (unpaired) electrons. The second kappa shape index (κ2) is 7.83. The quantitative estimate of drug-likeness (QED) is 0.764. The third-order valence-electron chi connectivity index (χ3n) is 4.44. The number of benzene rings is 2. The SMILES string of the molecule is O=C(NS(=O)(=O)CC1CCC1)c1ccc(Oc2cccc(C(F)(F)F)c2)cc1. The minimum atomic E-state index is -4.48. The van der Waals surface area contributed by atoms with Crippen molar-refractivity contribution in [3.63, 3.8) is 0 Å². The van der Waals surface area contributed by atoms with Crippen molar-refractivity contribution < 1.29 is 31.1 Å². The molecule has 1 aliphatic rings. The van der Waals surface area contributed by atoms with Crippen LogP contribution in [0.1, 0.15) is 35.2 Å². The number of ether oxygens (including phenoxy) is 1. The van der Waals surface area contributed by atoms with E-state index in [0.29, 0.717) is 0 Å². The molecule has 28 heavy (non-hydrogen) atoms. The Balaban J connectivity index is 1.64. The van der Waals surface area contributed by atoms with Crippen LogP contribution >= 0.6 is 0 Å². The summed E-state index contributed by atoms with van der Waals surface area (Å²) in [7, 11) is -3.70. The van der Waals surface area contributed by atoms with Gasteiger partial charge in [0.15, 0.2) is 0 Å². The molecule has 2 aromatic carbocycles. The van der Waals surface area contributed by atoms with E-state index in [4.69, 9.17) is 4.74 Å². The van der Waals surface area contributed by atoms with E-state index in [0.717, 1.165) is 31.4 Å². The van der Waals surface area contributed by atoms with Gasteiger partial charge in [0.2, 0.25) is 10.0 Å². The van der Waals surface area contributed by atoms with Gasteiger partial charge in [-0.25, -0.2) is 13.1 Å². The fourth-order valence-electron chi connectivity index (χ4n) is 2.76. The van der Waals surface area contributed by atoms with Crippen LogP contribution in [-0.2, 0) is 16.2 Å². The third kappa shape index (κ3) is 5.25. The first-order chi connectivity index (χ1) is 13.1. The van der Waals surface area contributed by atoms with Crippen LogP contribution in [0, 0.1) is 5.92 Å². The molecule has 1 amide bonds. The number of nitrogens with one attached hydrogen (secondary N) is 1. The molecule has 0 heterocycles. The van der Waals surface area contributed by atoms with Crippen molar-refractivity contribution in [2.75, 3.05) is 5.75 Å². The van der Waals surface area contributed by atoms with E-state index in [1.807, 2.05) is 4.72 Å². The Morgan fingerprint density at radius 3 is 2.32 bits per heavy atom. The van der Waals surface area contributed by atoms with Crippen LogP contribution in [0.25, 0.3) is 0 Å². The lowest BCUT2D eigenvalue weighted by Crippen LogP contribution is -2.36. The average Bonchev–Trinajstić information content (AvgIpc) is 2.58. The summed E-state index contributed by atoms with van der Waals surface area (Å²) in [5.41, 5.74) is -0.730. The van der Waals surface area contributed by atoms with Gasteiger partial charge in [0.1, 0.15) is 11.5 Å². The fraction of sp³-hybridized carbons (Fsp3) is 0.316. The molecule has 0 spiro atoms. The van der Waals surface area contributed by atoms with Crippen molar-refractivity contribution >= 4 is 15.9 Å². The Morgan fingerprint density at radius 1 is 1.07 bits per heavy atom. The number of sulfonamides is 1. The van der Waals surface area contributed by atoms with Crippen molar-refractivity contribution in [2.24, 2.45) is 5.92 Å². The number of rotatable bonds is 6. The molecule has 0 unspecified atom stereocenters. The van der Waals surface area contributed by atoms with Crippen LogP contribution in [0.4, 0.5) is 13.2 Å². The lowest BCUT2D eigenvalue weighted by Gasteiger charge is -2.24. The molecule has 0 saturated heterocycles. The summed E-state index contributed by atoms with van der Waals surface area (Å²) in [5, 5.41) is 0. The minimum Gasteiger partial charge on any atom is -0.457 e. The Morgan fingerprint density at radius 2 is 1.75 bits per heavy atom. The van der Waals surface area contributed by atoms with Gasteiger partial charge in [-0.15, -0.1) is 0 Å². The predicted octanol–water partition coefficient (Wildman–Crippen LogP) is 4.36. The van der Waals surface area contributed by atoms with Gasteiger partial charge >= 0.3 is 6.18 Å². The van der Waals surface area contributed by atoms with E-state index >= 15 is 0 Å². The van der Waals surface area contributed by atoms with Crippen molar-refractivity contribution in [3.8, 4) is 11.5 Å². The van der Waals surface area contributed by atoms with Crippen molar-refractivity contribution in [3.05, 3.63) is 59.7 Å². The van der Waals surface area contributed by atoms with Crippen LogP contribution < -0.4 is 9.46 Å². The number of amides is 1. The van der Waals surface area contributed by atoms with Gasteiger partial charge in [-0.2, -0.15) is 13.2 Å². The topological polar surface area (TPSA) is 72.5 Å². The lowest BCUT2D eigenvalue weighted by atomic mass is 9.87. The van der Waals surface area contributed by atoms with Crippen LogP contribution in [0.5, 0.6) is 11.5 Å². The first-order valence-electron chi connectivity index (χ1n) is 8.62. The zero-order valence-corrected chi connectivity index (χ0v) is 15.5. The molecular weight excluding hydrogens is 395 g/mol. The van der Waals surface area contributed by atoms with E-state index in [1.54, 1.807) is 0 Å². The average molecular weight is 413 g/mol. The summed E-state index contributed by atoms with van der Waals surface area (Å²) in [6.07, 6.45) is -1.79. The van der Waals surface area contributed by atoms with Crippen molar-refractivity contribution in [1.82, 2.24) is 4.72 Å². The number of hydrogen-bond acceptors (Lipinski definition) is 4. The van der Waals surface area contributed by atoms with E-state index in [-0.39, 0.29) is 28.7 Å². The van der Waals surface area contributed by atoms with E-state index in [2.05, 4.69) is 0 Å². The Hall–Kier alpha value is -2.55. The maximum Gasteiger partial charge on any atom is 0.416 e. The van der Waals surface area contributed by atoms with Gasteiger partial charge in [0.05, 0.1) is 11.3 Å². The number of carbonyl (C=O) groups excluding carboxylic acids is 1. The molecule has 0 aliphatic heterocycles. The summed E-state index contributed by atoms with van der Waals surface area (Å²) >= 11 is 0. The van der Waals surface area contributed by atoms with Gasteiger partial charge in [-0.1, -0.05) is 12.5 Å². The second-order valence-electron chi connectivity index (χ2n) is 6.66. The molecule has 1 fully saturated rings. The van der Waals surface area contributed by atoms with Crippen LogP contribution in [0.3, 0.4) is 0 Å². The second-order valence-corrected chi connectivity index (χ2v) is 8.43. The monoisotopic (exact) mass is 413 g/mol. The Labute approximate surface area is 160 Å². The highest BCUT2D eigenvalue weighted by molar-refractivity contribution is 7.90. The molecule has 5 nitrogen and oxygen atoms in total. The van der Waals surface area contributed by atoms with Crippen molar-refractivity contribution in [1.29, 1.82) is 0 Å². The maximum atomic E-state index is 12.7. The summed E-state index contributed by atoms with van der Waals surface area (Å²) in [4.78, 5) is 12.1. The number of hydrogen-bond donors (Lipinski definition) is 1. The number of halogens is 3. The molecular formula is C19H18F3NO4S. The molecule has 9 heteroatoms. The summed E-state index contributed by atoms with van der Waals surface area (Å²) in [6.45, 7) is 0. The van der Waals surface area contributed by atoms with Crippen LogP contribution in [-0.4, -0.2) is 20.1 Å². The highest BCUT2D eigenvalue weighted by Crippen LogP contribution is 2.32. The Bertz CT molecular complexity index is 952. The number of carbonyl (C=O) groups is 1. The molecule has 3 rings (SSSR count). The summed E-state index contributed by atoms with van der Waals surface area (Å²) in [6, 6.07) is 9.86. The van der Waals surface area contributed by atoms with Gasteiger partial charge in [-0.3, -0.25) is 4.79 Å². The van der Waals surface area contributed by atoms with Gasteiger partial charge in [-0.05, 0) is 61.2 Å². The smallest absolute Gasteiger partial charge is 0.416 e. The normalized spacial score (nSPS) is 15.0. The van der Waals surface area contributed by atoms with Crippen molar-refractivity contribution in [2.45, 2.75) is 25.4 Å². The largest absolute Gasteiger partial charge is 0.457 e. The minimum absolute atomic E-state index is 0.00453. The molecule has 150 valence electrons. The molecule has 1 saturated carbocycles. The van der Waals surface area contributed by atoms with Gasteiger partial charge < -0.3 is 4.74 Å². The van der Waals surface area contributed by atoms with E-state index in [9.17, 15) is 26.4 Å². The molecule has 1 N–H and O–H groups in total. The first kappa shape index (κ1) is 20.2. The number of alkyl halides is 3. The highest BCUT2D eigenvalue weighted by Gasteiger charge is 2.30. The van der Waals surface area contributed by atoms with Gasteiger partial charge in [0.25, 0.3) is 5.91 Å². The molecule has 0 aromatic heterocycles. The van der Waals surface area contributed by atoms with Gasteiger partial charge in [0, 0.05) is 5.56 Å². The molecule has 2 aromatic rings. The predicted molar refractivity (Wildman–Crippen MR) is 96.6 cm³/mol. The zero-order chi connectivity index (χ0) is 20.4. The van der Waals surface area contributed by atoms with Crippen LogP contribution in [0.15, 0.2) is 48.5 Å². The Kier molecular flexibility index (Phi) is 5.64.